The lowest BCUT2D eigenvalue weighted by Gasteiger charge is -2.24. The molecule has 0 aliphatic carbocycles. The lowest BCUT2D eigenvalue weighted by Crippen LogP contribution is -2.25. The fraction of sp³-hybridized carbons (Fsp3) is 0.538. The fourth-order valence-electron chi connectivity index (χ4n) is 2.33. The molecule has 2 N–H and O–H groups in total. The zero-order chi connectivity index (χ0) is 12.4. The van der Waals surface area contributed by atoms with E-state index in [0.717, 1.165) is 37.5 Å². The average molecular weight is 348 g/mol. The minimum Gasteiger partial charge on any atom is -0.397 e. The molecular formula is C13H18FIN2. The predicted octanol–water partition coefficient (Wildman–Crippen LogP) is 3.64. The Bertz CT molecular complexity index is 409. The van der Waals surface area contributed by atoms with Crippen molar-refractivity contribution in [2.45, 2.75) is 26.2 Å². The molecule has 0 saturated carbocycles. The van der Waals surface area contributed by atoms with Crippen LogP contribution in [0.25, 0.3) is 0 Å². The van der Waals surface area contributed by atoms with Crippen LogP contribution in [0.1, 0.15) is 26.2 Å². The molecule has 1 aliphatic rings. The van der Waals surface area contributed by atoms with E-state index in [9.17, 15) is 4.39 Å². The molecule has 0 amide bonds. The van der Waals surface area contributed by atoms with Crippen LogP contribution in [0.3, 0.4) is 0 Å². The van der Waals surface area contributed by atoms with E-state index in [4.69, 9.17) is 5.73 Å². The maximum Gasteiger partial charge on any atom is 0.138 e. The van der Waals surface area contributed by atoms with E-state index in [1.165, 1.54) is 6.42 Å². The van der Waals surface area contributed by atoms with E-state index in [1.54, 1.807) is 12.1 Å². The Hall–Kier alpha value is -0.520. The second-order valence-electron chi connectivity index (χ2n) is 4.85. The summed E-state index contributed by atoms with van der Waals surface area (Å²) in [7, 11) is 0. The second kappa shape index (κ2) is 5.42. The largest absolute Gasteiger partial charge is 0.397 e. The van der Waals surface area contributed by atoms with Crippen molar-refractivity contribution in [2.75, 3.05) is 23.7 Å². The normalized spacial score (nSPS) is 21.4. The van der Waals surface area contributed by atoms with E-state index < -0.39 is 0 Å². The Morgan fingerprint density at radius 1 is 1.35 bits per heavy atom. The standard InChI is InChI=1S/C13H18FIN2/c1-9-3-2-5-17(6-4-9)13-7-10(14)11(15)8-12(13)16/h7-9H,2-6,16H2,1H3. The average Bonchev–Trinajstić information content (AvgIpc) is 2.49. The van der Waals surface area contributed by atoms with Crippen molar-refractivity contribution in [3.8, 4) is 0 Å². The van der Waals surface area contributed by atoms with Crippen LogP contribution < -0.4 is 10.6 Å². The molecule has 1 aromatic rings. The summed E-state index contributed by atoms with van der Waals surface area (Å²) in [6, 6.07) is 3.30. The van der Waals surface area contributed by atoms with Crippen LogP contribution in [-0.4, -0.2) is 13.1 Å². The molecule has 0 spiro atoms. The summed E-state index contributed by atoms with van der Waals surface area (Å²) in [4.78, 5) is 2.22. The van der Waals surface area contributed by atoms with Gasteiger partial charge in [0.1, 0.15) is 5.82 Å². The molecule has 1 fully saturated rings. The number of rotatable bonds is 1. The topological polar surface area (TPSA) is 29.3 Å². The van der Waals surface area contributed by atoms with Crippen LogP contribution in [0.15, 0.2) is 12.1 Å². The summed E-state index contributed by atoms with van der Waals surface area (Å²) >= 11 is 1.97. The Morgan fingerprint density at radius 2 is 2.12 bits per heavy atom. The molecule has 94 valence electrons. The van der Waals surface area contributed by atoms with Crippen molar-refractivity contribution in [2.24, 2.45) is 5.92 Å². The van der Waals surface area contributed by atoms with Crippen LogP contribution in [0.4, 0.5) is 15.8 Å². The zero-order valence-electron chi connectivity index (χ0n) is 10.0. The summed E-state index contributed by atoms with van der Waals surface area (Å²) in [5.74, 6) is 0.585. The summed E-state index contributed by atoms with van der Waals surface area (Å²) in [5, 5.41) is 0. The SMILES string of the molecule is CC1CCCN(c2cc(F)c(I)cc2N)CC1. The van der Waals surface area contributed by atoms with Crippen molar-refractivity contribution in [3.63, 3.8) is 0 Å². The smallest absolute Gasteiger partial charge is 0.138 e. The quantitative estimate of drug-likeness (QED) is 0.620. The minimum absolute atomic E-state index is 0.174. The monoisotopic (exact) mass is 348 g/mol. The highest BCUT2D eigenvalue weighted by Gasteiger charge is 2.17. The molecule has 1 unspecified atom stereocenters. The van der Waals surface area contributed by atoms with E-state index in [-0.39, 0.29) is 5.82 Å². The van der Waals surface area contributed by atoms with E-state index in [2.05, 4.69) is 11.8 Å². The zero-order valence-corrected chi connectivity index (χ0v) is 12.2. The molecular weight excluding hydrogens is 330 g/mol. The van der Waals surface area contributed by atoms with Crippen LogP contribution in [0.5, 0.6) is 0 Å². The minimum atomic E-state index is -0.174. The number of anilines is 2. The maximum atomic E-state index is 13.6. The number of hydrogen-bond donors (Lipinski definition) is 1. The van der Waals surface area contributed by atoms with E-state index in [0.29, 0.717) is 9.26 Å². The predicted molar refractivity (Wildman–Crippen MR) is 78.8 cm³/mol. The maximum absolute atomic E-state index is 13.6. The molecule has 0 bridgehead atoms. The van der Waals surface area contributed by atoms with Gasteiger partial charge in [0.25, 0.3) is 0 Å². The second-order valence-corrected chi connectivity index (χ2v) is 6.01. The molecule has 1 saturated heterocycles. The summed E-state index contributed by atoms with van der Waals surface area (Å²) < 4.78 is 14.2. The lowest BCUT2D eigenvalue weighted by molar-refractivity contribution is 0.521. The van der Waals surface area contributed by atoms with Gasteiger partial charge in [-0.05, 0) is 53.8 Å². The molecule has 2 rings (SSSR count). The van der Waals surface area contributed by atoms with Crippen molar-refractivity contribution in [1.29, 1.82) is 0 Å². The van der Waals surface area contributed by atoms with Gasteiger partial charge < -0.3 is 10.6 Å². The van der Waals surface area contributed by atoms with Gasteiger partial charge in [-0.15, -0.1) is 0 Å². The molecule has 1 heterocycles. The van der Waals surface area contributed by atoms with Crippen molar-refractivity contribution < 1.29 is 4.39 Å². The van der Waals surface area contributed by atoms with Crippen molar-refractivity contribution in [3.05, 3.63) is 21.5 Å². The molecule has 1 atom stereocenters. The van der Waals surface area contributed by atoms with Gasteiger partial charge in [0.2, 0.25) is 0 Å². The molecule has 0 radical (unpaired) electrons. The van der Waals surface area contributed by atoms with Gasteiger partial charge in [-0.2, -0.15) is 0 Å². The first kappa shape index (κ1) is 12.9. The molecule has 17 heavy (non-hydrogen) atoms. The molecule has 2 nitrogen and oxygen atoms in total. The molecule has 1 aliphatic heterocycles. The summed E-state index contributed by atoms with van der Waals surface area (Å²) in [6.07, 6.45) is 3.57. The van der Waals surface area contributed by atoms with Crippen LogP contribution in [0.2, 0.25) is 0 Å². The summed E-state index contributed by atoms with van der Waals surface area (Å²) in [6.45, 7) is 4.24. The molecule has 4 heteroatoms. The Kier molecular flexibility index (Phi) is 4.12. The van der Waals surface area contributed by atoms with Gasteiger partial charge in [-0.25, -0.2) is 4.39 Å². The van der Waals surface area contributed by atoms with Crippen LogP contribution >= 0.6 is 22.6 Å². The third-order valence-corrected chi connectivity index (χ3v) is 4.25. The fourth-order valence-corrected chi connectivity index (χ4v) is 2.82. The van der Waals surface area contributed by atoms with Crippen molar-refractivity contribution >= 4 is 34.0 Å². The molecule has 0 aromatic heterocycles. The number of nitrogen functional groups attached to an aromatic ring is 1. The first-order valence-corrected chi connectivity index (χ1v) is 7.15. The number of nitrogens with zero attached hydrogens (tertiary/aromatic N) is 1. The van der Waals surface area contributed by atoms with Gasteiger partial charge in [-0.3, -0.25) is 0 Å². The van der Waals surface area contributed by atoms with Gasteiger partial charge in [0.15, 0.2) is 0 Å². The highest BCUT2D eigenvalue weighted by molar-refractivity contribution is 14.1. The number of nitrogens with two attached hydrogens (primary N) is 1. The first-order chi connectivity index (χ1) is 8.08. The number of benzene rings is 1. The van der Waals surface area contributed by atoms with E-state index >= 15 is 0 Å². The Balaban J connectivity index is 2.24. The van der Waals surface area contributed by atoms with Crippen molar-refractivity contribution in [1.82, 2.24) is 0 Å². The van der Waals surface area contributed by atoms with E-state index in [1.807, 2.05) is 22.6 Å². The Morgan fingerprint density at radius 3 is 2.88 bits per heavy atom. The number of halogens is 2. The summed E-state index contributed by atoms with van der Waals surface area (Å²) in [5.41, 5.74) is 7.54. The highest BCUT2D eigenvalue weighted by atomic mass is 127. The Labute approximate surface area is 116 Å². The van der Waals surface area contributed by atoms with Crippen LogP contribution in [-0.2, 0) is 0 Å². The van der Waals surface area contributed by atoms with Gasteiger partial charge in [-0.1, -0.05) is 6.92 Å². The number of hydrogen-bond acceptors (Lipinski definition) is 2. The third-order valence-electron chi connectivity index (χ3n) is 3.43. The lowest BCUT2D eigenvalue weighted by atomic mass is 10.0. The third kappa shape index (κ3) is 3.03. The van der Waals surface area contributed by atoms with Gasteiger partial charge >= 0.3 is 0 Å². The van der Waals surface area contributed by atoms with Gasteiger partial charge in [0.05, 0.1) is 14.9 Å². The molecule has 1 aromatic carbocycles. The first-order valence-electron chi connectivity index (χ1n) is 6.07. The van der Waals surface area contributed by atoms with Gasteiger partial charge in [0, 0.05) is 19.2 Å². The highest BCUT2D eigenvalue weighted by Crippen LogP contribution is 2.30. The van der Waals surface area contributed by atoms with Crippen LogP contribution in [0, 0.1) is 15.3 Å².